The third-order valence-corrected chi connectivity index (χ3v) is 4.10. The van der Waals surface area contributed by atoms with Gasteiger partial charge in [0.1, 0.15) is 5.75 Å². The number of carbonyl (C=O) groups is 1. The van der Waals surface area contributed by atoms with Gasteiger partial charge < -0.3 is 10.1 Å². The predicted molar refractivity (Wildman–Crippen MR) is 99.1 cm³/mol. The fraction of sp³-hybridized carbons (Fsp3) is 0.250. The summed E-state index contributed by atoms with van der Waals surface area (Å²) in [4.78, 5) is 12.2. The molecule has 0 atom stereocenters. The monoisotopic (exact) mass is 404 g/mol. The number of nitrogens with one attached hydrogen (secondary N) is 1. The van der Waals surface area contributed by atoms with Crippen LogP contribution in [0.15, 0.2) is 60.8 Å². The topological polar surface area (TPSA) is 69.0 Å². The Balaban J connectivity index is 1.52. The molecular formula is C20H19F3N4O2. The van der Waals surface area contributed by atoms with E-state index in [1.54, 1.807) is 10.7 Å². The average Bonchev–Trinajstić information content (AvgIpc) is 3.16. The van der Waals surface area contributed by atoms with Crippen molar-refractivity contribution in [1.29, 1.82) is 0 Å². The Morgan fingerprint density at radius 2 is 1.79 bits per heavy atom. The van der Waals surface area contributed by atoms with E-state index in [-0.39, 0.29) is 23.6 Å². The fourth-order valence-electron chi connectivity index (χ4n) is 2.74. The number of aromatic nitrogens is 3. The number of hydrogen-bond acceptors (Lipinski definition) is 4. The number of hydrogen-bond donors (Lipinski definition) is 1. The summed E-state index contributed by atoms with van der Waals surface area (Å²) in [6.45, 7) is 0.462. The van der Waals surface area contributed by atoms with Gasteiger partial charge in [0.05, 0.1) is 6.20 Å². The molecular weight excluding hydrogens is 385 g/mol. The number of para-hydroxylation sites is 1. The predicted octanol–water partition coefficient (Wildman–Crippen LogP) is 3.74. The molecule has 1 N–H and O–H groups in total. The Hall–Kier alpha value is -3.36. The first-order valence-electron chi connectivity index (χ1n) is 8.96. The first kappa shape index (κ1) is 20.4. The number of nitrogens with zero attached hydrogens (tertiary/aromatic N) is 3. The van der Waals surface area contributed by atoms with Crippen molar-refractivity contribution in [3.63, 3.8) is 0 Å². The number of rotatable bonds is 8. The molecule has 0 bridgehead atoms. The maximum Gasteiger partial charge on any atom is 0.573 e. The summed E-state index contributed by atoms with van der Waals surface area (Å²) in [6.07, 6.45) is -1.59. The summed E-state index contributed by atoms with van der Waals surface area (Å²) >= 11 is 0. The number of ether oxygens (including phenoxy) is 1. The van der Waals surface area contributed by atoms with Crippen LogP contribution in [0, 0.1) is 0 Å². The molecule has 0 fully saturated rings. The van der Waals surface area contributed by atoms with E-state index in [9.17, 15) is 18.0 Å². The van der Waals surface area contributed by atoms with Gasteiger partial charge in [-0.3, -0.25) is 9.48 Å². The lowest BCUT2D eigenvalue weighted by Gasteiger charge is -2.13. The number of alkyl halides is 3. The van der Waals surface area contributed by atoms with Gasteiger partial charge in [0.25, 0.3) is 5.91 Å². The molecule has 6 nitrogen and oxygen atoms in total. The summed E-state index contributed by atoms with van der Waals surface area (Å²) in [6, 6.07) is 15.6. The van der Waals surface area contributed by atoms with Gasteiger partial charge in [0, 0.05) is 18.7 Å². The van der Waals surface area contributed by atoms with E-state index in [0.717, 1.165) is 12.8 Å². The van der Waals surface area contributed by atoms with Crippen LogP contribution < -0.4 is 10.1 Å². The molecule has 0 saturated heterocycles. The normalized spacial score (nSPS) is 11.3. The molecule has 0 radical (unpaired) electrons. The second kappa shape index (κ2) is 9.22. The van der Waals surface area contributed by atoms with Crippen LogP contribution in [0.1, 0.15) is 28.0 Å². The highest BCUT2D eigenvalue weighted by atomic mass is 19.4. The van der Waals surface area contributed by atoms with E-state index in [4.69, 9.17) is 0 Å². The van der Waals surface area contributed by atoms with Crippen molar-refractivity contribution in [2.45, 2.75) is 32.3 Å². The number of benzene rings is 2. The summed E-state index contributed by atoms with van der Waals surface area (Å²) in [7, 11) is 0. The van der Waals surface area contributed by atoms with Gasteiger partial charge in [-0.25, -0.2) is 0 Å². The third kappa shape index (κ3) is 6.34. The number of halogens is 3. The van der Waals surface area contributed by atoms with Crippen molar-refractivity contribution in [3.8, 4) is 5.75 Å². The van der Waals surface area contributed by atoms with E-state index in [1.165, 1.54) is 30.0 Å². The fourth-order valence-corrected chi connectivity index (χ4v) is 2.74. The van der Waals surface area contributed by atoms with Crippen LogP contribution >= 0.6 is 0 Å². The number of carbonyl (C=O) groups excluding carboxylic acids is 1. The molecule has 3 aromatic rings. The standard InChI is InChI=1S/C20H19F3N4O2/c21-20(22,23)29-18-11-5-4-10-16(18)13-24-19(28)17-14-27(26-25-17)12-6-9-15-7-2-1-3-8-15/h1-5,7-8,10-11,14H,6,9,12-13H2,(H,24,28). The van der Waals surface area contributed by atoms with Crippen molar-refractivity contribution in [2.24, 2.45) is 0 Å². The smallest absolute Gasteiger partial charge is 0.405 e. The van der Waals surface area contributed by atoms with Crippen molar-refractivity contribution in [3.05, 3.63) is 77.6 Å². The van der Waals surface area contributed by atoms with Gasteiger partial charge in [0.15, 0.2) is 5.69 Å². The maximum atomic E-state index is 12.5. The molecule has 0 aliphatic heterocycles. The van der Waals surface area contributed by atoms with E-state index < -0.39 is 12.3 Å². The molecule has 0 aliphatic rings. The highest BCUT2D eigenvalue weighted by Crippen LogP contribution is 2.26. The van der Waals surface area contributed by atoms with Gasteiger partial charge >= 0.3 is 6.36 Å². The van der Waals surface area contributed by atoms with E-state index in [2.05, 4.69) is 20.4 Å². The van der Waals surface area contributed by atoms with E-state index in [0.29, 0.717) is 6.54 Å². The summed E-state index contributed by atoms with van der Waals surface area (Å²) in [5.41, 5.74) is 1.51. The SMILES string of the molecule is O=C(NCc1ccccc1OC(F)(F)F)c1cn(CCCc2ccccc2)nn1. The van der Waals surface area contributed by atoms with Gasteiger partial charge in [0.2, 0.25) is 0 Å². The molecule has 0 aliphatic carbocycles. The summed E-state index contributed by atoms with van der Waals surface area (Å²) in [5.74, 6) is -0.883. The quantitative estimate of drug-likeness (QED) is 0.621. The van der Waals surface area contributed by atoms with Crippen LogP contribution in [0.3, 0.4) is 0 Å². The Morgan fingerprint density at radius 3 is 2.55 bits per heavy atom. The minimum absolute atomic E-state index is 0.0962. The summed E-state index contributed by atoms with van der Waals surface area (Å²) in [5, 5.41) is 10.3. The van der Waals surface area contributed by atoms with Crippen LogP contribution in [0.2, 0.25) is 0 Å². The molecule has 0 spiro atoms. The number of amides is 1. The van der Waals surface area contributed by atoms with Crippen LogP contribution in [0.5, 0.6) is 5.75 Å². The molecule has 1 heterocycles. The zero-order valence-corrected chi connectivity index (χ0v) is 15.4. The lowest BCUT2D eigenvalue weighted by Crippen LogP contribution is -2.24. The van der Waals surface area contributed by atoms with Gasteiger partial charge in [-0.05, 0) is 24.5 Å². The van der Waals surface area contributed by atoms with Crippen molar-refractivity contribution >= 4 is 5.91 Å². The Kier molecular flexibility index (Phi) is 6.48. The second-order valence-electron chi connectivity index (χ2n) is 6.29. The lowest BCUT2D eigenvalue weighted by atomic mass is 10.1. The zero-order chi connectivity index (χ0) is 20.7. The maximum absolute atomic E-state index is 12.5. The van der Waals surface area contributed by atoms with E-state index >= 15 is 0 Å². The minimum atomic E-state index is -4.80. The van der Waals surface area contributed by atoms with Crippen molar-refractivity contribution in [1.82, 2.24) is 20.3 Å². The highest BCUT2D eigenvalue weighted by molar-refractivity contribution is 5.91. The molecule has 29 heavy (non-hydrogen) atoms. The molecule has 2 aromatic carbocycles. The lowest BCUT2D eigenvalue weighted by molar-refractivity contribution is -0.274. The van der Waals surface area contributed by atoms with Gasteiger partial charge in [-0.1, -0.05) is 53.7 Å². The third-order valence-electron chi connectivity index (χ3n) is 4.10. The highest BCUT2D eigenvalue weighted by Gasteiger charge is 2.32. The first-order valence-corrected chi connectivity index (χ1v) is 8.96. The van der Waals surface area contributed by atoms with Crippen LogP contribution in [-0.2, 0) is 19.5 Å². The Morgan fingerprint density at radius 1 is 1.07 bits per heavy atom. The Labute approximate surface area is 165 Å². The van der Waals surface area contributed by atoms with E-state index in [1.807, 2.05) is 30.3 Å². The van der Waals surface area contributed by atoms with Crippen LogP contribution in [-0.4, -0.2) is 27.3 Å². The van der Waals surface area contributed by atoms with Crippen molar-refractivity contribution in [2.75, 3.05) is 0 Å². The van der Waals surface area contributed by atoms with Crippen LogP contribution in [0.25, 0.3) is 0 Å². The molecule has 3 rings (SSSR count). The average molecular weight is 404 g/mol. The largest absolute Gasteiger partial charge is 0.573 e. The summed E-state index contributed by atoms with van der Waals surface area (Å²) < 4.78 is 42.9. The molecule has 0 unspecified atom stereocenters. The molecule has 0 saturated carbocycles. The first-order chi connectivity index (χ1) is 13.9. The molecule has 9 heteroatoms. The van der Waals surface area contributed by atoms with Crippen LogP contribution in [0.4, 0.5) is 13.2 Å². The molecule has 1 amide bonds. The molecule has 152 valence electrons. The number of aryl methyl sites for hydroxylation is 2. The zero-order valence-electron chi connectivity index (χ0n) is 15.4. The molecule has 1 aromatic heterocycles. The van der Waals surface area contributed by atoms with Crippen molar-refractivity contribution < 1.29 is 22.7 Å². The van der Waals surface area contributed by atoms with Gasteiger partial charge in [-0.15, -0.1) is 18.3 Å². The van der Waals surface area contributed by atoms with Gasteiger partial charge in [-0.2, -0.15) is 0 Å². The second-order valence-corrected chi connectivity index (χ2v) is 6.29. The minimum Gasteiger partial charge on any atom is -0.405 e. The Bertz CT molecular complexity index is 942.